The van der Waals surface area contributed by atoms with Crippen molar-refractivity contribution in [1.82, 2.24) is 4.31 Å². The zero-order valence-corrected chi connectivity index (χ0v) is 19.0. The predicted molar refractivity (Wildman–Crippen MR) is 83.5 cm³/mol. The summed E-state index contributed by atoms with van der Waals surface area (Å²) in [5.74, 6) is -63.7. The number of esters is 1. The Hall–Kier alpha value is -2.35. The van der Waals surface area contributed by atoms with Crippen LogP contribution in [0, 0.1) is 0 Å². The van der Waals surface area contributed by atoms with Crippen LogP contribution in [0.25, 0.3) is 0 Å². The van der Waals surface area contributed by atoms with Gasteiger partial charge in [-0.25, -0.2) is 13.2 Å². The van der Waals surface area contributed by atoms with Gasteiger partial charge in [0.25, 0.3) is 10.0 Å². The summed E-state index contributed by atoms with van der Waals surface area (Å²) < 4.78 is 302. The van der Waals surface area contributed by atoms with Gasteiger partial charge in [0.05, 0.1) is 0 Å². The zero-order valence-electron chi connectivity index (χ0n) is 18.2. The van der Waals surface area contributed by atoms with E-state index < -0.39 is 92.5 Å². The fourth-order valence-corrected chi connectivity index (χ4v) is 3.36. The van der Waals surface area contributed by atoms with Crippen LogP contribution in [-0.4, -0.2) is 84.9 Å². The lowest BCUT2D eigenvalue weighted by atomic mass is 9.91. The SMILES string of the molecule is C=CC(=O)OC(F)(N(C)S(=O)(=O)C(F)(F)C(F)(F)C(F)(F)C(F)(F)C(F)(F)C(F)(F)C(F)(F)C(F)(F)F)C(F)(F)F. The average Bonchev–Trinajstić information content (AvgIpc) is 2.75. The van der Waals surface area contributed by atoms with Gasteiger partial charge in [-0.05, 0) is 0 Å². The number of ether oxygens (including phenoxy) is 1. The van der Waals surface area contributed by atoms with Crippen LogP contribution >= 0.6 is 0 Å². The summed E-state index contributed by atoms with van der Waals surface area (Å²) in [5, 5.41) is -8.54. The fourth-order valence-electron chi connectivity index (χ4n) is 2.11. The summed E-state index contributed by atoms with van der Waals surface area (Å²) in [5.41, 5.74) is 0. The van der Waals surface area contributed by atoms with Gasteiger partial charge in [0.15, 0.2) is 0 Å². The van der Waals surface area contributed by atoms with Gasteiger partial charge >= 0.3 is 65.1 Å². The van der Waals surface area contributed by atoms with Gasteiger partial charge in [-0.3, -0.25) is 0 Å². The van der Waals surface area contributed by atoms with Crippen LogP contribution in [-0.2, 0) is 19.6 Å². The standard InChI is InChI=1S/C14H6F21NO4S/c1-3-4(37)40-14(35,12(30,31)32)36(2)41(38,39)13(33,34)10(25,26)8(21,22)6(17,18)5(15,16)7(19,20)9(23,24)11(27,28)29/h3H,1H2,2H3. The molecule has 1 unspecified atom stereocenters. The minimum atomic E-state index is -9.27. The fraction of sp³-hybridized carbons (Fsp3) is 0.786. The summed E-state index contributed by atoms with van der Waals surface area (Å²) in [6, 6.07) is 0. The first-order valence-electron chi connectivity index (χ1n) is 8.67. The topological polar surface area (TPSA) is 63.7 Å². The van der Waals surface area contributed by atoms with Crippen molar-refractivity contribution < 1.29 is 110 Å². The summed E-state index contributed by atoms with van der Waals surface area (Å²) in [6.45, 7) is 2.29. The number of sulfonamides is 1. The number of halogens is 21. The van der Waals surface area contributed by atoms with Crippen LogP contribution < -0.4 is 0 Å². The van der Waals surface area contributed by atoms with Gasteiger partial charge in [-0.15, -0.1) is 4.31 Å². The third-order valence-corrected chi connectivity index (χ3v) is 6.40. The van der Waals surface area contributed by atoms with Gasteiger partial charge in [-0.2, -0.15) is 92.2 Å². The molecule has 0 aromatic rings. The van der Waals surface area contributed by atoms with Crippen LogP contribution in [0.15, 0.2) is 12.7 Å². The van der Waals surface area contributed by atoms with Crippen molar-refractivity contribution in [2.45, 2.75) is 59.1 Å². The van der Waals surface area contributed by atoms with Crippen LogP contribution in [0.2, 0.25) is 0 Å². The van der Waals surface area contributed by atoms with Crippen LogP contribution in [0.1, 0.15) is 0 Å². The Balaban J connectivity index is 7.35. The number of carbonyl (C=O) groups is 1. The van der Waals surface area contributed by atoms with E-state index in [-0.39, 0.29) is 0 Å². The lowest BCUT2D eigenvalue weighted by Crippen LogP contribution is -2.75. The first-order valence-corrected chi connectivity index (χ1v) is 10.1. The normalized spacial score (nSPS) is 17.3. The summed E-state index contributed by atoms with van der Waals surface area (Å²) in [4.78, 5) is 10.8. The molecule has 0 radical (unpaired) electrons. The van der Waals surface area contributed by atoms with Crippen molar-refractivity contribution in [3.05, 3.63) is 12.7 Å². The molecular weight excluding hydrogens is 677 g/mol. The van der Waals surface area contributed by atoms with Crippen LogP contribution in [0.4, 0.5) is 92.2 Å². The molecule has 5 nitrogen and oxygen atoms in total. The molecule has 0 N–H and O–H groups in total. The second kappa shape index (κ2) is 9.85. The van der Waals surface area contributed by atoms with E-state index in [1.165, 1.54) is 0 Å². The number of alkyl halides is 21. The van der Waals surface area contributed by atoms with Crippen molar-refractivity contribution in [2.24, 2.45) is 0 Å². The van der Waals surface area contributed by atoms with Crippen molar-refractivity contribution in [3.63, 3.8) is 0 Å². The maximum absolute atomic E-state index is 14.3. The highest BCUT2D eigenvalue weighted by molar-refractivity contribution is 7.90. The van der Waals surface area contributed by atoms with Crippen molar-refractivity contribution in [2.75, 3.05) is 7.05 Å². The monoisotopic (exact) mass is 683 g/mol. The second-order valence-electron chi connectivity index (χ2n) is 7.12. The van der Waals surface area contributed by atoms with Crippen molar-refractivity contribution >= 4 is 16.0 Å². The molecule has 0 amide bonds. The third kappa shape index (κ3) is 5.02. The molecule has 0 saturated heterocycles. The van der Waals surface area contributed by atoms with Crippen LogP contribution in [0.3, 0.4) is 0 Å². The maximum Gasteiger partial charge on any atom is 0.478 e. The van der Waals surface area contributed by atoms with Gasteiger partial charge in [0.2, 0.25) is 0 Å². The quantitative estimate of drug-likeness (QED) is 0.0866. The number of hydrogen-bond donors (Lipinski definition) is 0. The van der Waals surface area contributed by atoms with Gasteiger partial charge < -0.3 is 4.74 Å². The minimum absolute atomic E-state index is 0.513. The lowest BCUT2D eigenvalue weighted by molar-refractivity contribution is -0.458. The van der Waals surface area contributed by atoms with E-state index in [9.17, 15) is 105 Å². The molecule has 0 aromatic carbocycles. The number of rotatable bonds is 11. The molecule has 0 bridgehead atoms. The van der Waals surface area contributed by atoms with Gasteiger partial charge in [0, 0.05) is 13.1 Å². The molecule has 41 heavy (non-hydrogen) atoms. The molecule has 0 fully saturated rings. The van der Waals surface area contributed by atoms with E-state index in [2.05, 4.69) is 11.3 Å². The molecule has 0 heterocycles. The molecule has 0 rings (SSSR count). The molecule has 0 spiro atoms. The molecule has 0 aromatic heterocycles. The average molecular weight is 683 g/mol. The molecule has 0 aliphatic heterocycles. The largest absolute Gasteiger partial charge is 0.478 e. The molecular formula is C14H6F21NO4S. The Bertz CT molecular complexity index is 1120. The third-order valence-electron chi connectivity index (χ3n) is 4.53. The number of hydrogen-bond acceptors (Lipinski definition) is 4. The first kappa shape index (κ1) is 38.6. The Morgan fingerprint density at radius 1 is 0.585 bits per heavy atom. The molecule has 1 atom stereocenters. The molecule has 244 valence electrons. The molecule has 0 aliphatic rings. The first-order chi connectivity index (χ1) is 17.4. The van der Waals surface area contributed by atoms with Gasteiger partial charge in [0.1, 0.15) is 0 Å². The smallest absolute Gasteiger partial charge is 0.403 e. The van der Waals surface area contributed by atoms with Crippen LogP contribution in [0.5, 0.6) is 0 Å². The Morgan fingerprint density at radius 2 is 0.878 bits per heavy atom. The zero-order chi connectivity index (χ0) is 34.1. The summed E-state index contributed by atoms with van der Waals surface area (Å²) in [6.07, 6.45) is -15.8. The predicted octanol–water partition coefficient (Wildman–Crippen LogP) is 6.13. The second-order valence-corrected chi connectivity index (χ2v) is 9.13. The van der Waals surface area contributed by atoms with E-state index in [1.807, 2.05) is 0 Å². The Labute approximate surface area is 210 Å². The Kier molecular flexibility index (Phi) is 9.29. The summed E-state index contributed by atoms with van der Waals surface area (Å²) in [7, 11) is -10.1. The van der Waals surface area contributed by atoms with E-state index >= 15 is 0 Å². The highest BCUT2D eigenvalue weighted by Crippen LogP contribution is 2.64. The minimum Gasteiger partial charge on any atom is -0.403 e. The van der Waals surface area contributed by atoms with Crippen molar-refractivity contribution in [1.29, 1.82) is 0 Å². The lowest BCUT2D eigenvalue weighted by Gasteiger charge is -2.43. The number of carbonyl (C=O) groups excluding carboxylic acids is 1. The van der Waals surface area contributed by atoms with Gasteiger partial charge in [-0.1, -0.05) is 6.58 Å². The number of nitrogens with zero attached hydrogens (tertiary/aromatic N) is 1. The van der Waals surface area contributed by atoms with E-state index in [0.29, 0.717) is 0 Å². The van der Waals surface area contributed by atoms with E-state index in [4.69, 9.17) is 0 Å². The Morgan fingerprint density at radius 3 is 1.15 bits per heavy atom. The molecule has 27 heteroatoms. The highest BCUT2D eigenvalue weighted by atomic mass is 32.2. The summed E-state index contributed by atoms with van der Waals surface area (Å²) >= 11 is 0. The molecule has 0 saturated carbocycles. The maximum atomic E-state index is 14.3. The van der Waals surface area contributed by atoms with E-state index in [1.54, 1.807) is 0 Å². The van der Waals surface area contributed by atoms with Crippen molar-refractivity contribution in [3.8, 4) is 0 Å². The van der Waals surface area contributed by atoms with E-state index in [0.717, 1.165) is 0 Å². The highest BCUT2D eigenvalue weighted by Gasteiger charge is 2.96. The molecule has 0 aliphatic carbocycles.